The van der Waals surface area contributed by atoms with Crippen LogP contribution in [0.15, 0.2) is 24.3 Å². The molecule has 0 aromatic heterocycles. The number of hydrogen-bond acceptors (Lipinski definition) is 3. The van der Waals surface area contributed by atoms with Gasteiger partial charge in [0, 0.05) is 5.56 Å². The van der Waals surface area contributed by atoms with Gasteiger partial charge in [0.25, 0.3) is 0 Å². The van der Waals surface area contributed by atoms with E-state index in [2.05, 4.69) is 0 Å². The molecule has 0 saturated heterocycles. The standard InChI is InChI=1S/C12H11F3O3/c1-7(11(18)12(13,14)15)10(17)9-4-2-8(6-16)3-5-9/h2-5,7,16H,6H2,1H3. The van der Waals surface area contributed by atoms with Gasteiger partial charge in [-0.25, -0.2) is 0 Å². The molecule has 98 valence electrons. The number of Topliss-reactive ketones (excluding diaryl/α,β-unsaturated/α-hetero) is 2. The molecule has 6 heteroatoms. The van der Waals surface area contributed by atoms with Crippen LogP contribution in [-0.2, 0) is 11.4 Å². The van der Waals surface area contributed by atoms with Crippen LogP contribution in [0.1, 0.15) is 22.8 Å². The predicted octanol–water partition coefficient (Wildman–Crippen LogP) is 2.13. The van der Waals surface area contributed by atoms with Gasteiger partial charge < -0.3 is 5.11 Å². The van der Waals surface area contributed by atoms with E-state index >= 15 is 0 Å². The predicted molar refractivity (Wildman–Crippen MR) is 56.9 cm³/mol. The van der Waals surface area contributed by atoms with Crippen molar-refractivity contribution < 1.29 is 27.9 Å². The lowest BCUT2D eigenvalue weighted by Gasteiger charge is -2.12. The summed E-state index contributed by atoms with van der Waals surface area (Å²) in [6.45, 7) is 0.698. The zero-order chi connectivity index (χ0) is 13.9. The molecule has 0 aliphatic carbocycles. The van der Waals surface area contributed by atoms with Gasteiger partial charge in [-0.3, -0.25) is 9.59 Å². The first-order valence-corrected chi connectivity index (χ1v) is 5.12. The molecule has 0 saturated carbocycles. The molecule has 0 radical (unpaired) electrons. The lowest BCUT2D eigenvalue weighted by atomic mass is 9.94. The number of hydrogen-bond donors (Lipinski definition) is 1. The number of halogens is 3. The first-order chi connectivity index (χ1) is 8.27. The molecule has 0 aliphatic heterocycles. The number of carbonyl (C=O) groups excluding carboxylic acids is 2. The van der Waals surface area contributed by atoms with Gasteiger partial charge in [-0.1, -0.05) is 24.3 Å². The van der Waals surface area contributed by atoms with Crippen molar-refractivity contribution in [1.82, 2.24) is 0 Å². The molecule has 3 nitrogen and oxygen atoms in total. The van der Waals surface area contributed by atoms with Gasteiger partial charge in [0.05, 0.1) is 12.5 Å². The molecule has 1 aromatic rings. The zero-order valence-corrected chi connectivity index (χ0v) is 9.49. The Bertz CT molecular complexity index is 449. The van der Waals surface area contributed by atoms with Gasteiger partial charge in [0.1, 0.15) is 0 Å². The van der Waals surface area contributed by atoms with E-state index in [0.29, 0.717) is 5.56 Å². The topological polar surface area (TPSA) is 54.4 Å². The summed E-state index contributed by atoms with van der Waals surface area (Å²) in [5, 5.41) is 8.78. The Kier molecular flexibility index (Phi) is 4.24. The van der Waals surface area contributed by atoms with Crippen molar-refractivity contribution in [1.29, 1.82) is 0 Å². The van der Waals surface area contributed by atoms with Crippen LogP contribution in [0, 0.1) is 5.92 Å². The highest BCUT2D eigenvalue weighted by molar-refractivity contribution is 6.11. The van der Waals surface area contributed by atoms with Crippen LogP contribution in [0.4, 0.5) is 13.2 Å². The number of aliphatic hydroxyl groups is 1. The quantitative estimate of drug-likeness (QED) is 0.666. The lowest BCUT2D eigenvalue weighted by Crippen LogP contribution is -2.33. The van der Waals surface area contributed by atoms with Crippen LogP contribution >= 0.6 is 0 Å². The van der Waals surface area contributed by atoms with E-state index in [9.17, 15) is 22.8 Å². The Morgan fingerprint density at radius 3 is 2.11 bits per heavy atom. The second-order valence-electron chi connectivity index (χ2n) is 3.80. The smallest absolute Gasteiger partial charge is 0.392 e. The Morgan fingerprint density at radius 2 is 1.72 bits per heavy atom. The fourth-order valence-electron chi connectivity index (χ4n) is 1.39. The number of ketones is 2. The molecule has 1 aromatic carbocycles. The first kappa shape index (κ1) is 14.4. The number of benzene rings is 1. The first-order valence-electron chi connectivity index (χ1n) is 5.12. The van der Waals surface area contributed by atoms with E-state index in [0.717, 1.165) is 6.92 Å². The molecule has 0 aliphatic rings. The third kappa shape index (κ3) is 3.16. The summed E-state index contributed by atoms with van der Waals surface area (Å²) in [6, 6.07) is 5.40. The Balaban J connectivity index is 2.90. The van der Waals surface area contributed by atoms with Crippen molar-refractivity contribution in [3.63, 3.8) is 0 Å². The summed E-state index contributed by atoms with van der Waals surface area (Å²) in [7, 11) is 0. The van der Waals surface area contributed by atoms with E-state index in [1.165, 1.54) is 24.3 Å². The van der Waals surface area contributed by atoms with Crippen LogP contribution in [-0.4, -0.2) is 22.8 Å². The van der Waals surface area contributed by atoms with Crippen molar-refractivity contribution in [2.75, 3.05) is 0 Å². The fraction of sp³-hybridized carbons (Fsp3) is 0.333. The van der Waals surface area contributed by atoms with Crippen molar-refractivity contribution in [2.45, 2.75) is 19.7 Å². The SMILES string of the molecule is CC(C(=O)c1ccc(CO)cc1)C(=O)C(F)(F)F. The van der Waals surface area contributed by atoms with Gasteiger partial charge in [-0.05, 0) is 12.5 Å². The van der Waals surface area contributed by atoms with Gasteiger partial charge >= 0.3 is 6.18 Å². The van der Waals surface area contributed by atoms with Crippen molar-refractivity contribution in [2.24, 2.45) is 5.92 Å². The number of rotatable bonds is 4. The van der Waals surface area contributed by atoms with E-state index in [4.69, 9.17) is 5.11 Å². The summed E-state index contributed by atoms with van der Waals surface area (Å²) < 4.78 is 36.5. The lowest BCUT2D eigenvalue weighted by molar-refractivity contribution is -0.173. The highest BCUT2D eigenvalue weighted by Crippen LogP contribution is 2.23. The summed E-state index contributed by atoms with van der Waals surface area (Å²) in [5.41, 5.74) is 0.540. The van der Waals surface area contributed by atoms with Crippen molar-refractivity contribution in [3.8, 4) is 0 Å². The minimum atomic E-state index is -5.01. The molecule has 1 rings (SSSR count). The van der Waals surface area contributed by atoms with Crippen LogP contribution in [0.25, 0.3) is 0 Å². The Morgan fingerprint density at radius 1 is 1.22 bits per heavy atom. The molecule has 1 N–H and O–H groups in total. The van der Waals surface area contributed by atoms with E-state index < -0.39 is 23.7 Å². The van der Waals surface area contributed by atoms with Gasteiger partial charge in [0.15, 0.2) is 5.78 Å². The molecule has 0 heterocycles. The molecule has 0 amide bonds. The second kappa shape index (κ2) is 5.30. The Labute approximate surface area is 101 Å². The normalized spacial score (nSPS) is 13.2. The fourth-order valence-corrected chi connectivity index (χ4v) is 1.39. The van der Waals surface area contributed by atoms with Crippen molar-refractivity contribution >= 4 is 11.6 Å². The summed E-state index contributed by atoms with van der Waals surface area (Å²) in [4.78, 5) is 22.6. The largest absolute Gasteiger partial charge is 0.450 e. The van der Waals surface area contributed by atoms with Crippen LogP contribution < -0.4 is 0 Å². The molecular formula is C12H11F3O3. The van der Waals surface area contributed by atoms with Gasteiger partial charge in [-0.15, -0.1) is 0 Å². The number of aliphatic hydroxyl groups excluding tert-OH is 1. The van der Waals surface area contributed by atoms with Crippen molar-refractivity contribution in [3.05, 3.63) is 35.4 Å². The van der Waals surface area contributed by atoms with E-state index in [1.54, 1.807) is 0 Å². The highest BCUT2D eigenvalue weighted by atomic mass is 19.4. The number of carbonyl (C=O) groups is 2. The molecule has 1 atom stereocenters. The maximum atomic E-state index is 12.2. The molecule has 0 fully saturated rings. The van der Waals surface area contributed by atoms with Crippen LogP contribution in [0.5, 0.6) is 0 Å². The third-order valence-corrected chi connectivity index (χ3v) is 2.49. The molecule has 1 unspecified atom stereocenters. The third-order valence-electron chi connectivity index (χ3n) is 2.49. The number of alkyl halides is 3. The molecule has 0 spiro atoms. The highest BCUT2D eigenvalue weighted by Gasteiger charge is 2.44. The Hall–Kier alpha value is -1.69. The minimum absolute atomic E-state index is 0.0114. The maximum absolute atomic E-state index is 12.2. The average Bonchev–Trinajstić information content (AvgIpc) is 2.35. The molecule has 18 heavy (non-hydrogen) atoms. The second-order valence-corrected chi connectivity index (χ2v) is 3.80. The summed E-state index contributed by atoms with van der Waals surface area (Å²) >= 11 is 0. The van der Waals surface area contributed by atoms with E-state index in [-0.39, 0.29) is 12.2 Å². The molecular weight excluding hydrogens is 249 g/mol. The molecule has 0 bridgehead atoms. The zero-order valence-electron chi connectivity index (χ0n) is 9.49. The monoisotopic (exact) mass is 260 g/mol. The van der Waals surface area contributed by atoms with Gasteiger partial charge in [0.2, 0.25) is 5.78 Å². The maximum Gasteiger partial charge on any atom is 0.450 e. The minimum Gasteiger partial charge on any atom is -0.392 e. The van der Waals surface area contributed by atoms with Crippen LogP contribution in [0.2, 0.25) is 0 Å². The van der Waals surface area contributed by atoms with Gasteiger partial charge in [-0.2, -0.15) is 13.2 Å². The summed E-state index contributed by atoms with van der Waals surface area (Å²) in [6.07, 6.45) is -5.01. The average molecular weight is 260 g/mol. The van der Waals surface area contributed by atoms with E-state index in [1.807, 2.05) is 0 Å². The summed E-state index contributed by atoms with van der Waals surface area (Å²) in [5.74, 6) is -4.70. The van der Waals surface area contributed by atoms with Crippen LogP contribution in [0.3, 0.4) is 0 Å².